The number of rotatable bonds is 4. The molecule has 106 valence electrons. The summed E-state index contributed by atoms with van der Waals surface area (Å²) in [5.74, 6) is 0.130. The normalized spacial score (nSPS) is 12.3. The minimum atomic E-state index is -0.313. The van der Waals surface area contributed by atoms with Crippen molar-refractivity contribution in [2.45, 2.75) is 17.3 Å². The van der Waals surface area contributed by atoms with Gasteiger partial charge in [0.2, 0.25) is 5.16 Å². The summed E-state index contributed by atoms with van der Waals surface area (Å²) in [6, 6.07) is 10.4. The van der Waals surface area contributed by atoms with Crippen LogP contribution >= 0.6 is 11.8 Å². The lowest BCUT2D eigenvalue weighted by Gasteiger charge is -2.07. The summed E-state index contributed by atoms with van der Waals surface area (Å²) in [5, 5.41) is 7.72. The standard InChI is InChI=1S/C15H13FN4S/c1-10(11-6-8-17-9-7-11)21-15-18-14(19-20-15)12-4-2-3-5-13(12)16/h2-10H,1H3,(H,18,19,20)/t10-/m1/s1. The summed E-state index contributed by atoms with van der Waals surface area (Å²) >= 11 is 1.51. The van der Waals surface area contributed by atoms with E-state index in [0.717, 1.165) is 5.56 Å². The molecule has 0 spiro atoms. The monoisotopic (exact) mass is 300 g/mol. The lowest BCUT2D eigenvalue weighted by molar-refractivity contribution is 0.630. The van der Waals surface area contributed by atoms with Gasteiger partial charge in [0.15, 0.2) is 5.82 Å². The number of hydrogen-bond donors (Lipinski definition) is 1. The first kappa shape index (κ1) is 13.8. The van der Waals surface area contributed by atoms with Crippen molar-refractivity contribution in [1.82, 2.24) is 20.2 Å². The summed E-state index contributed by atoms with van der Waals surface area (Å²) in [4.78, 5) is 8.35. The highest BCUT2D eigenvalue weighted by Gasteiger charge is 2.13. The highest BCUT2D eigenvalue weighted by atomic mass is 32.2. The number of nitrogens with zero attached hydrogens (tertiary/aromatic N) is 3. The van der Waals surface area contributed by atoms with Crippen molar-refractivity contribution in [2.24, 2.45) is 0 Å². The fraction of sp³-hybridized carbons (Fsp3) is 0.133. The molecule has 0 aliphatic carbocycles. The molecular weight excluding hydrogens is 287 g/mol. The third-order valence-corrected chi connectivity index (χ3v) is 4.07. The number of aromatic amines is 1. The van der Waals surface area contributed by atoms with Crippen molar-refractivity contribution >= 4 is 11.8 Å². The molecule has 0 bridgehead atoms. The minimum absolute atomic E-state index is 0.192. The molecule has 0 saturated heterocycles. The summed E-state index contributed by atoms with van der Waals surface area (Å²) in [6.45, 7) is 2.07. The van der Waals surface area contributed by atoms with Gasteiger partial charge >= 0.3 is 0 Å². The van der Waals surface area contributed by atoms with Crippen LogP contribution in [0.3, 0.4) is 0 Å². The third-order valence-electron chi connectivity index (χ3n) is 3.05. The van der Waals surface area contributed by atoms with Gasteiger partial charge in [-0.1, -0.05) is 23.9 Å². The van der Waals surface area contributed by atoms with Crippen molar-refractivity contribution in [2.75, 3.05) is 0 Å². The Morgan fingerprint density at radius 2 is 1.90 bits per heavy atom. The molecule has 0 radical (unpaired) electrons. The zero-order chi connectivity index (χ0) is 14.7. The van der Waals surface area contributed by atoms with Crippen LogP contribution in [0.5, 0.6) is 0 Å². The molecule has 0 amide bonds. The van der Waals surface area contributed by atoms with Crippen molar-refractivity contribution in [3.8, 4) is 11.4 Å². The van der Waals surface area contributed by atoms with E-state index in [-0.39, 0.29) is 11.1 Å². The van der Waals surface area contributed by atoms with Crippen molar-refractivity contribution in [3.63, 3.8) is 0 Å². The van der Waals surface area contributed by atoms with E-state index in [0.29, 0.717) is 16.5 Å². The average Bonchev–Trinajstić information content (AvgIpc) is 2.97. The molecule has 1 aromatic carbocycles. The Labute approximate surface area is 125 Å². The molecule has 1 atom stereocenters. The Morgan fingerprint density at radius 3 is 2.67 bits per heavy atom. The number of hydrogen-bond acceptors (Lipinski definition) is 4. The summed E-state index contributed by atoms with van der Waals surface area (Å²) < 4.78 is 13.7. The molecular formula is C15H13FN4S. The van der Waals surface area contributed by atoms with Crippen LogP contribution in [0.4, 0.5) is 4.39 Å². The van der Waals surface area contributed by atoms with Gasteiger partial charge in [-0.25, -0.2) is 9.37 Å². The van der Waals surface area contributed by atoms with Crippen LogP contribution in [0.2, 0.25) is 0 Å². The van der Waals surface area contributed by atoms with E-state index in [1.807, 2.05) is 12.1 Å². The Morgan fingerprint density at radius 1 is 1.14 bits per heavy atom. The van der Waals surface area contributed by atoms with Crippen LogP contribution in [-0.4, -0.2) is 20.2 Å². The molecule has 0 unspecified atom stereocenters. The predicted molar refractivity (Wildman–Crippen MR) is 80.3 cm³/mol. The SMILES string of the molecule is C[C@@H](Sc1n[nH]c(-c2ccccc2F)n1)c1ccncc1. The molecule has 2 heterocycles. The first-order valence-corrected chi connectivity index (χ1v) is 7.36. The fourth-order valence-electron chi connectivity index (χ4n) is 1.93. The Kier molecular flexibility index (Phi) is 3.96. The van der Waals surface area contributed by atoms with Gasteiger partial charge in [-0.3, -0.25) is 10.1 Å². The van der Waals surface area contributed by atoms with E-state index in [1.165, 1.54) is 17.8 Å². The van der Waals surface area contributed by atoms with Gasteiger partial charge in [0.25, 0.3) is 0 Å². The van der Waals surface area contributed by atoms with Gasteiger partial charge in [-0.2, -0.15) is 0 Å². The molecule has 3 rings (SSSR count). The molecule has 0 saturated carbocycles. The number of thioether (sulfide) groups is 1. The number of pyridine rings is 1. The Hall–Kier alpha value is -2.21. The van der Waals surface area contributed by atoms with Crippen LogP contribution in [-0.2, 0) is 0 Å². The van der Waals surface area contributed by atoms with Crippen LogP contribution in [0.25, 0.3) is 11.4 Å². The summed E-state index contributed by atoms with van der Waals surface area (Å²) in [6.07, 6.45) is 3.52. The topological polar surface area (TPSA) is 54.5 Å². The van der Waals surface area contributed by atoms with Gasteiger partial charge in [-0.15, -0.1) is 5.10 Å². The van der Waals surface area contributed by atoms with E-state index in [2.05, 4.69) is 27.1 Å². The maximum Gasteiger partial charge on any atom is 0.209 e. The van der Waals surface area contributed by atoms with E-state index in [4.69, 9.17) is 0 Å². The van der Waals surface area contributed by atoms with Crippen molar-refractivity contribution in [1.29, 1.82) is 0 Å². The van der Waals surface area contributed by atoms with Gasteiger partial charge in [0.1, 0.15) is 5.82 Å². The molecule has 0 fully saturated rings. The number of aromatic nitrogens is 4. The zero-order valence-electron chi connectivity index (χ0n) is 11.3. The van der Waals surface area contributed by atoms with Crippen LogP contribution in [0.15, 0.2) is 53.9 Å². The predicted octanol–water partition coefficient (Wildman–Crippen LogP) is 3.86. The average molecular weight is 300 g/mol. The smallest absolute Gasteiger partial charge is 0.209 e. The molecule has 0 aliphatic heterocycles. The third kappa shape index (κ3) is 3.11. The van der Waals surface area contributed by atoms with Crippen LogP contribution < -0.4 is 0 Å². The zero-order valence-corrected chi connectivity index (χ0v) is 12.1. The molecule has 1 N–H and O–H groups in total. The molecule has 2 aromatic heterocycles. The minimum Gasteiger partial charge on any atom is -0.265 e. The lowest BCUT2D eigenvalue weighted by Crippen LogP contribution is -1.89. The Bertz CT molecular complexity index is 729. The number of benzene rings is 1. The second kappa shape index (κ2) is 6.05. The van der Waals surface area contributed by atoms with Crippen LogP contribution in [0, 0.1) is 5.82 Å². The van der Waals surface area contributed by atoms with Gasteiger partial charge in [-0.05, 0) is 36.8 Å². The van der Waals surface area contributed by atoms with E-state index in [1.54, 1.807) is 30.6 Å². The van der Waals surface area contributed by atoms with Gasteiger partial charge < -0.3 is 0 Å². The lowest BCUT2D eigenvalue weighted by atomic mass is 10.2. The summed E-state index contributed by atoms with van der Waals surface area (Å²) in [5.41, 5.74) is 1.57. The maximum atomic E-state index is 13.7. The van der Waals surface area contributed by atoms with E-state index in [9.17, 15) is 4.39 Å². The van der Waals surface area contributed by atoms with Gasteiger partial charge in [0, 0.05) is 17.6 Å². The molecule has 6 heteroatoms. The largest absolute Gasteiger partial charge is 0.265 e. The van der Waals surface area contributed by atoms with E-state index < -0.39 is 0 Å². The number of H-pyrrole nitrogens is 1. The van der Waals surface area contributed by atoms with E-state index >= 15 is 0 Å². The highest BCUT2D eigenvalue weighted by Crippen LogP contribution is 2.33. The summed E-state index contributed by atoms with van der Waals surface area (Å²) in [7, 11) is 0. The van der Waals surface area contributed by atoms with Crippen LogP contribution in [0.1, 0.15) is 17.7 Å². The Balaban J connectivity index is 1.78. The number of halogens is 1. The maximum absolute atomic E-state index is 13.7. The quantitative estimate of drug-likeness (QED) is 0.743. The first-order chi connectivity index (χ1) is 10.2. The second-order valence-electron chi connectivity index (χ2n) is 4.49. The molecule has 4 nitrogen and oxygen atoms in total. The molecule has 3 aromatic rings. The van der Waals surface area contributed by atoms with Gasteiger partial charge in [0.05, 0.1) is 5.56 Å². The number of nitrogens with one attached hydrogen (secondary N) is 1. The molecule has 21 heavy (non-hydrogen) atoms. The first-order valence-electron chi connectivity index (χ1n) is 6.48. The molecule has 0 aliphatic rings. The fourth-order valence-corrected chi connectivity index (χ4v) is 2.79. The van der Waals surface area contributed by atoms with Crippen molar-refractivity contribution < 1.29 is 4.39 Å². The second-order valence-corrected chi connectivity index (χ2v) is 5.80. The highest BCUT2D eigenvalue weighted by molar-refractivity contribution is 7.99. The van der Waals surface area contributed by atoms with Crippen molar-refractivity contribution in [3.05, 3.63) is 60.2 Å².